The second-order valence-electron chi connectivity index (χ2n) is 10.1. The van der Waals surface area contributed by atoms with Gasteiger partial charge in [-0.1, -0.05) is 41.7 Å². The molecule has 1 aliphatic rings. The van der Waals surface area contributed by atoms with Gasteiger partial charge in [-0.3, -0.25) is 14.5 Å². The fourth-order valence-electron chi connectivity index (χ4n) is 4.86. The van der Waals surface area contributed by atoms with E-state index in [1.807, 2.05) is 30.3 Å². The molecule has 1 unspecified atom stereocenters. The van der Waals surface area contributed by atoms with Crippen molar-refractivity contribution in [3.63, 3.8) is 0 Å². The molecule has 0 aliphatic carbocycles. The Bertz CT molecular complexity index is 1700. The number of carbonyl (C=O) groups excluding carboxylic acids is 3. The van der Waals surface area contributed by atoms with Crippen molar-refractivity contribution in [2.45, 2.75) is 32.0 Å². The number of thiazole rings is 1. The Kier molecular flexibility index (Phi) is 9.88. The van der Waals surface area contributed by atoms with Crippen LogP contribution in [0, 0.1) is 11.6 Å². The zero-order valence-electron chi connectivity index (χ0n) is 24.5. The SMILES string of the molecule is COc1ccc(CNC(=O)c2nc(C3CCCN3C(=O)OCc3ccccc3)sc2NC(=O)c2ccc(F)cc2F)c(OC)c1. The van der Waals surface area contributed by atoms with Crippen molar-refractivity contribution >= 4 is 34.2 Å². The molecular formula is C32H30F2N4O6S. The van der Waals surface area contributed by atoms with E-state index in [4.69, 9.17) is 14.2 Å². The number of rotatable bonds is 10. The highest BCUT2D eigenvalue weighted by Crippen LogP contribution is 2.38. The van der Waals surface area contributed by atoms with Gasteiger partial charge in [-0.15, -0.1) is 0 Å². The lowest BCUT2D eigenvalue weighted by Gasteiger charge is -2.22. The number of halogens is 2. The van der Waals surface area contributed by atoms with E-state index in [1.165, 1.54) is 19.1 Å². The lowest BCUT2D eigenvalue weighted by atomic mass is 10.2. The van der Waals surface area contributed by atoms with Crippen LogP contribution in [0.15, 0.2) is 66.7 Å². The summed E-state index contributed by atoms with van der Waals surface area (Å²) in [5, 5.41) is 5.78. The fourth-order valence-corrected chi connectivity index (χ4v) is 5.97. The highest BCUT2D eigenvalue weighted by atomic mass is 32.1. The summed E-state index contributed by atoms with van der Waals surface area (Å²) in [6.07, 6.45) is 0.692. The molecule has 234 valence electrons. The fraction of sp³-hybridized carbons (Fsp3) is 0.250. The van der Waals surface area contributed by atoms with E-state index in [9.17, 15) is 23.2 Å². The van der Waals surface area contributed by atoms with E-state index in [1.54, 1.807) is 18.2 Å². The van der Waals surface area contributed by atoms with Crippen molar-refractivity contribution in [3.8, 4) is 11.5 Å². The normalized spacial score (nSPS) is 14.1. The molecule has 1 aromatic heterocycles. The Hall–Kier alpha value is -5.04. The van der Waals surface area contributed by atoms with Crippen LogP contribution in [-0.4, -0.2) is 48.6 Å². The van der Waals surface area contributed by atoms with Gasteiger partial charge in [0.15, 0.2) is 5.69 Å². The molecule has 0 radical (unpaired) electrons. The third-order valence-corrected chi connectivity index (χ3v) is 8.24. The Balaban J connectivity index is 1.39. The third-order valence-electron chi connectivity index (χ3n) is 7.17. The van der Waals surface area contributed by atoms with Crippen molar-refractivity contribution in [2.24, 2.45) is 0 Å². The third kappa shape index (κ3) is 7.37. The first kappa shape index (κ1) is 31.4. The first-order valence-electron chi connectivity index (χ1n) is 14.0. The van der Waals surface area contributed by atoms with Crippen LogP contribution in [0.3, 0.4) is 0 Å². The Labute approximate surface area is 261 Å². The minimum atomic E-state index is -1.06. The summed E-state index contributed by atoms with van der Waals surface area (Å²) in [6, 6.07) is 16.5. The number of aromatic nitrogens is 1. The number of methoxy groups -OCH3 is 2. The molecule has 1 saturated heterocycles. The van der Waals surface area contributed by atoms with E-state index in [0.29, 0.717) is 47.5 Å². The maximum absolute atomic E-state index is 14.4. The molecule has 1 fully saturated rings. The van der Waals surface area contributed by atoms with E-state index >= 15 is 0 Å². The smallest absolute Gasteiger partial charge is 0.410 e. The number of hydrogen-bond donors (Lipinski definition) is 2. The highest BCUT2D eigenvalue weighted by molar-refractivity contribution is 7.16. The minimum Gasteiger partial charge on any atom is -0.497 e. The van der Waals surface area contributed by atoms with Crippen LogP contribution in [0.25, 0.3) is 0 Å². The molecule has 0 bridgehead atoms. The number of nitrogens with zero attached hydrogens (tertiary/aromatic N) is 2. The number of anilines is 1. The summed E-state index contributed by atoms with van der Waals surface area (Å²) < 4.78 is 44.1. The molecule has 5 rings (SSSR count). The highest BCUT2D eigenvalue weighted by Gasteiger charge is 2.35. The number of benzene rings is 3. The van der Waals surface area contributed by atoms with Crippen molar-refractivity contribution in [3.05, 3.63) is 106 Å². The molecule has 45 heavy (non-hydrogen) atoms. The zero-order valence-corrected chi connectivity index (χ0v) is 25.3. The Morgan fingerprint density at radius 1 is 1.00 bits per heavy atom. The maximum Gasteiger partial charge on any atom is 0.410 e. The van der Waals surface area contributed by atoms with Crippen LogP contribution >= 0.6 is 11.3 Å². The predicted molar refractivity (Wildman–Crippen MR) is 162 cm³/mol. The second kappa shape index (κ2) is 14.2. The average molecular weight is 637 g/mol. The molecule has 3 amide bonds. The van der Waals surface area contributed by atoms with E-state index in [0.717, 1.165) is 29.0 Å². The van der Waals surface area contributed by atoms with Crippen LogP contribution < -0.4 is 20.1 Å². The van der Waals surface area contributed by atoms with Crippen LogP contribution in [0.2, 0.25) is 0 Å². The number of nitrogens with one attached hydrogen (secondary N) is 2. The monoisotopic (exact) mass is 636 g/mol. The summed E-state index contributed by atoms with van der Waals surface area (Å²) in [5.74, 6) is -2.34. The summed E-state index contributed by atoms with van der Waals surface area (Å²) in [6.45, 7) is 0.563. The number of carbonyl (C=O) groups is 3. The standard InChI is InChI=1S/C32H30F2N4O6S/c1-42-22-12-10-20(26(16-22)43-2)17-35-29(40)27-31(37-28(39)23-13-11-21(33)15-24(23)34)45-30(36-27)25-9-6-14-38(25)32(41)44-18-19-7-4-3-5-8-19/h3-5,7-8,10-13,15-16,25H,6,9,14,17-18H2,1-2H3,(H,35,40)(H,37,39). The minimum absolute atomic E-state index is 0.0439. The number of amides is 3. The molecule has 4 aromatic rings. The average Bonchev–Trinajstić information content (AvgIpc) is 3.70. The molecule has 3 aromatic carbocycles. The van der Waals surface area contributed by atoms with Gasteiger partial charge >= 0.3 is 6.09 Å². The van der Waals surface area contributed by atoms with Crippen molar-refractivity contribution in [1.29, 1.82) is 0 Å². The van der Waals surface area contributed by atoms with Gasteiger partial charge in [-0.05, 0) is 42.7 Å². The van der Waals surface area contributed by atoms with Crippen LogP contribution in [-0.2, 0) is 17.9 Å². The first-order chi connectivity index (χ1) is 21.8. The molecule has 1 aliphatic heterocycles. The first-order valence-corrected chi connectivity index (χ1v) is 14.8. The molecule has 13 heteroatoms. The van der Waals surface area contributed by atoms with Crippen molar-refractivity contribution in [2.75, 3.05) is 26.1 Å². The number of likely N-dealkylation sites (tertiary alicyclic amines) is 1. The lowest BCUT2D eigenvalue weighted by molar-refractivity contribution is 0.0919. The quantitative estimate of drug-likeness (QED) is 0.216. The largest absolute Gasteiger partial charge is 0.497 e. The number of ether oxygens (including phenoxy) is 3. The summed E-state index contributed by atoms with van der Waals surface area (Å²) in [4.78, 5) is 45.7. The van der Waals surface area contributed by atoms with Gasteiger partial charge in [0.05, 0.1) is 25.8 Å². The summed E-state index contributed by atoms with van der Waals surface area (Å²) >= 11 is 0.996. The van der Waals surface area contributed by atoms with Gasteiger partial charge in [0, 0.05) is 30.8 Å². The molecule has 2 heterocycles. The van der Waals surface area contributed by atoms with E-state index in [2.05, 4.69) is 15.6 Å². The van der Waals surface area contributed by atoms with Crippen molar-refractivity contribution < 1.29 is 37.4 Å². The predicted octanol–water partition coefficient (Wildman–Crippen LogP) is 6.09. The molecule has 10 nitrogen and oxygen atoms in total. The summed E-state index contributed by atoms with van der Waals surface area (Å²) in [7, 11) is 3.02. The molecule has 2 N–H and O–H groups in total. The molecule has 0 spiro atoms. The zero-order chi connectivity index (χ0) is 31.9. The summed E-state index contributed by atoms with van der Waals surface area (Å²) in [5.41, 5.74) is 0.959. The topological polar surface area (TPSA) is 119 Å². The van der Waals surface area contributed by atoms with Gasteiger partial charge < -0.3 is 24.8 Å². The Morgan fingerprint density at radius 3 is 2.53 bits per heavy atom. The van der Waals surface area contributed by atoms with Crippen LogP contribution in [0.5, 0.6) is 11.5 Å². The molecule has 1 atom stereocenters. The van der Waals surface area contributed by atoms with Gasteiger partial charge in [-0.2, -0.15) is 0 Å². The van der Waals surface area contributed by atoms with E-state index < -0.39 is 41.1 Å². The second-order valence-corrected chi connectivity index (χ2v) is 11.1. The van der Waals surface area contributed by atoms with Crippen LogP contribution in [0.4, 0.5) is 18.6 Å². The van der Waals surface area contributed by atoms with Crippen LogP contribution in [0.1, 0.15) is 55.9 Å². The molecule has 0 saturated carbocycles. The molecular weight excluding hydrogens is 606 g/mol. The Morgan fingerprint density at radius 2 is 1.80 bits per heavy atom. The van der Waals surface area contributed by atoms with Gasteiger partial charge in [0.25, 0.3) is 11.8 Å². The maximum atomic E-state index is 14.4. The van der Waals surface area contributed by atoms with Gasteiger partial charge in [-0.25, -0.2) is 18.6 Å². The lowest BCUT2D eigenvalue weighted by Crippen LogP contribution is -2.31. The van der Waals surface area contributed by atoms with Gasteiger partial charge in [0.1, 0.15) is 39.7 Å². The number of hydrogen-bond acceptors (Lipinski definition) is 8. The van der Waals surface area contributed by atoms with E-state index in [-0.39, 0.29) is 23.8 Å². The van der Waals surface area contributed by atoms with Gasteiger partial charge in [0.2, 0.25) is 0 Å². The van der Waals surface area contributed by atoms with Crippen molar-refractivity contribution in [1.82, 2.24) is 15.2 Å².